The van der Waals surface area contributed by atoms with Gasteiger partial charge in [-0.2, -0.15) is 13.2 Å². The van der Waals surface area contributed by atoms with Crippen LogP contribution < -0.4 is 9.46 Å². The molecule has 1 saturated carbocycles. The van der Waals surface area contributed by atoms with Crippen LogP contribution in [0.3, 0.4) is 0 Å². The van der Waals surface area contributed by atoms with Crippen LogP contribution in [-0.4, -0.2) is 62.4 Å². The molecular weight excluding hydrogens is 601 g/mol. The molecule has 16 heteroatoms. The van der Waals surface area contributed by atoms with Gasteiger partial charge in [0.2, 0.25) is 10.0 Å². The van der Waals surface area contributed by atoms with Gasteiger partial charge in [0.15, 0.2) is 11.6 Å². The number of nitrogens with one attached hydrogen (secondary N) is 1. The Labute approximate surface area is 236 Å². The third-order valence-electron chi connectivity index (χ3n) is 6.55. The number of amides is 1. The van der Waals surface area contributed by atoms with Gasteiger partial charge in [0.05, 0.1) is 18.4 Å². The summed E-state index contributed by atoms with van der Waals surface area (Å²) in [5.74, 6) is -7.10. The van der Waals surface area contributed by atoms with Crippen LogP contribution in [0.2, 0.25) is 0 Å². The van der Waals surface area contributed by atoms with E-state index in [1.54, 1.807) is 4.72 Å². The molecule has 0 aromatic heterocycles. The Morgan fingerprint density at radius 2 is 1.52 bits per heavy atom. The van der Waals surface area contributed by atoms with Crippen molar-refractivity contribution in [2.24, 2.45) is 5.92 Å². The van der Waals surface area contributed by atoms with E-state index in [2.05, 4.69) is 0 Å². The Kier molecular flexibility index (Phi) is 10.5. The highest BCUT2D eigenvalue weighted by molar-refractivity contribution is 7.89. The molecule has 0 spiro atoms. The maximum atomic E-state index is 14.6. The SMILES string of the molecule is CS(=O)(=O)NC(=O)c1cc(C2CC2)c(OCC2CCN(Cc3cc(F)c(F)cc3F)CC2)cc1F.O=C(O)C(F)(F)F. The second kappa shape index (κ2) is 13.3. The van der Waals surface area contributed by atoms with Crippen LogP contribution in [0.15, 0.2) is 24.3 Å². The van der Waals surface area contributed by atoms with E-state index in [0.29, 0.717) is 37.1 Å². The predicted molar refractivity (Wildman–Crippen MR) is 134 cm³/mol. The van der Waals surface area contributed by atoms with E-state index in [1.165, 1.54) is 6.07 Å². The van der Waals surface area contributed by atoms with E-state index < -0.39 is 51.3 Å². The molecule has 232 valence electrons. The summed E-state index contributed by atoms with van der Waals surface area (Å²) in [7, 11) is -3.83. The Morgan fingerprint density at radius 1 is 0.952 bits per heavy atom. The second-order valence-electron chi connectivity index (χ2n) is 10.0. The average molecular weight is 629 g/mol. The van der Waals surface area contributed by atoms with Crippen LogP contribution in [0.25, 0.3) is 0 Å². The molecule has 8 nitrogen and oxygen atoms in total. The van der Waals surface area contributed by atoms with Crippen molar-refractivity contribution in [2.75, 3.05) is 26.0 Å². The number of aliphatic carboxylic acids is 1. The summed E-state index contributed by atoms with van der Waals surface area (Å²) in [6.45, 7) is 1.72. The van der Waals surface area contributed by atoms with Gasteiger partial charge in [-0.3, -0.25) is 9.69 Å². The maximum absolute atomic E-state index is 14.6. The topological polar surface area (TPSA) is 113 Å². The van der Waals surface area contributed by atoms with Gasteiger partial charge in [0.25, 0.3) is 5.91 Å². The fraction of sp³-hybridized carbons (Fsp3) is 0.462. The summed E-state index contributed by atoms with van der Waals surface area (Å²) < 4.78 is 117. The average Bonchev–Trinajstić information content (AvgIpc) is 3.71. The Hall–Kier alpha value is -3.40. The molecule has 1 heterocycles. The molecule has 2 aromatic carbocycles. The zero-order chi connectivity index (χ0) is 31.4. The molecule has 1 aliphatic heterocycles. The highest BCUT2D eigenvalue weighted by atomic mass is 32.2. The lowest BCUT2D eigenvalue weighted by Gasteiger charge is -2.32. The van der Waals surface area contributed by atoms with Gasteiger partial charge in [-0.25, -0.2) is 35.5 Å². The highest BCUT2D eigenvalue weighted by Gasteiger charge is 2.38. The molecule has 1 amide bonds. The predicted octanol–water partition coefficient (Wildman–Crippen LogP) is 4.73. The first-order valence-corrected chi connectivity index (χ1v) is 14.5. The number of nitrogens with zero attached hydrogens (tertiary/aromatic N) is 1. The van der Waals surface area contributed by atoms with Crippen LogP contribution >= 0.6 is 0 Å². The quantitative estimate of drug-likeness (QED) is 0.321. The van der Waals surface area contributed by atoms with Gasteiger partial charge in [0, 0.05) is 24.2 Å². The first-order chi connectivity index (χ1) is 19.4. The third-order valence-corrected chi connectivity index (χ3v) is 7.10. The number of rotatable bonds is 8. The van der Waals surface area contributed by atoms with Gasteiger partial charge in [-0.05, 0) is 68.3 Å². The molecule has 2 fully saturated rings. The number of hydrogen-bond acceptors (Lipinski definition) is 6. The molecule has 0 atom stereocenters. The Morgan fingerprint density at radius 3 is 2.05 bits per heavy atom. The number of benzene rings is 2. The minimum absolute atomic E-state index is 0.100. The summed E-state index contributed by atoms with van der Waals surface area (Å²) in [6, 6.07) is 3.93. The first kappa shape index (κ1) is 33.1. The monoisotopic (exact) mass is 628 g/mol. The number of alkyl halides is 3. The number of carboxylic acids is 1. The second-order valence-corrected chi connectivity index (χ2v) is 11.8. The van der Waals surface area contributed by atoms with Gasteiger partial charge >= 0.3 is 12.1 Å². The lowest BCUT2D eigenvalue weighted by Crippen LogP contribution is -2.35. The number of carbonyl (C=O) groups is 2. The number of ether oxygens (including phenoxy) is 1. The Bertz CT molecular complexity index is 1420. The first-order valence-electron chi connectivity index (χ1n) is 12.6. The highest BCUT2D eigenvalue weighted by Crippen LogP contribution is 2.45. The van der Waals surface area contributed by atoms with Crippen LogP contribution in [0.5, 0.6) is 5.75 Å². The summed E-state index contributed by atoms with van der Waals surface area (Å²) in [4.78, 5) is 23.0. The Balaban J connectivity index is 0.000000616. The van der Waals surface area contributed by atoms with Crippen molar-refractivity contribution in [3.63, 3.8) is 0 Å². The zero-order valence-electron chi connectivity index (χ0n) is 22.1. The van der Waals surface area contributed by atoms with Crippen molar-refractivity contribution in [3.05, 3.63) is 64.2 Å². The van der Waals surface area contributed by atoms with Crippen LogP contribution in [0, 0.1) is 29.2 Å². The molecular formula is C26H27F7N2O6S. The smallest absolute Gasteiger partial charge is 0.490 e. The van der Waals surface area contributed by atoms with Crippen molar-refractivity contribution >= 4 is 21.9 Å². The number of piperidine rings is 1. The lowest BCUT2D eigenvalue weighted by molar-refractivity contribution is -0.192. The van der Waals surface area contributed by atoms with Gasteiger partial charge < -0.3 is 9.84 Å². The van der Waals surface area contributed by atoms with E-state index in [0.717, 1.165) is 44.1 Å². The third kappa shape index (κ3) is 9.58. The van der Waals surface area contributed by atoms with E-state index in [9.17, 15) is 43.9 Å². The van der Waals surface area contributed by atoms with Gasteiger partial charge in [0.1, 0.15) is 17.4 Å². The normalized spacial score (nSPS) is 16.4. The number of sulfonamides is 1. The van der Waals surface area contributed by atoms with Crippen molar-refractivity contribution in [2.45, 2.75) is 44.3 Å². The summed E-state index contributed by atoms with van der Waals surface area (Å²) >= 11 is 0. The molecule has 2 aliphatic rings. The van der Waals surface area contributed by atoms with E-state index >= 15 is 0 Å². The van der Waals surface area contributed by atoms with Crippen molar-refractivity contribution < 1.29 is 58.6 Å². The molecule has 1 saturated heterocycles. The minimum atomic E-state index is -5.08. The number of carboxylic acid groups (broad SMARTS) is 1. The number of likely N-dealkylation sites (tertiary alicyclic amines) is 1. The summed E-state index contributed by atoms with van der Waals surface area (Å²) in [6.07, 6.45) is -1.08. The minimum Gasteiger partial charge on any atom is -0.493 e. The molecule has 0 bridgehead atoms. The molecule has 0 radical (unpaired) electrons. The summed E-state index contributed by atoms with van der Waals surface area (Å²) in [5.41, 5.74) is 0.432. The van der Waals surface area contributed by atoms with Crippen LogP contribution in [0.1, 0.15) is 53.1 Å². The van der Waals surface area contributed by atoms with E-state index in [1.807, 2.05) is 4.90 Å². The molecule has 42 heavy (non-hydrogen) atoms. The zero-order valence-corrected chi connectivity index (χ0v) is 22.9. The van der Waals surface area contributed by atoms with Crippen molar-refractivity contribution in [1.29, 1.82) is 0 Å². The molecule has 4 rings (SSSR count). The van der Waals surface area contributed by atoms with Crippen molar-refractivity contribution in [3.8, 4) is 5.75 Å². The lowest BCUT2D eigenvalue weighted by atomic mass is 9.97. The van der Waals surface area contributed by atoms with Crippen molar-refractivity contribution in [1.82, 2.24) is 9.62 Å². The van der Waals surface area contributed by atoms with Crippen LogP contribution in [0.4, 0.5) is 30.7 Å². The molecule has 2 aromatic rings. The summed E-state index contributed by atoms with van der Waals surface area (Å²) in [5, 5.41) is 7.12. The molecule has 2 N–H and O–H groups in total. The van der Waals surface area contributed by atoms with Gasteiger partial charge in [-0.1, -0.05) is 0 Å². The fourth-order valence-electron chi connectivity index (χ4n) is 4.25. The number of hydrogen-bond donors (Lipinski definition) is 2. The van der Waals surface area contributed by atoms with E-state index in [-0.39, 0.29) is 29.5 Å². The maximum Gasteiger partial charge on any atom is 0.490 e. The van der Waals surface area contributed by atoms with Gasteiger partial charge in [-0.15, -0.1) is 0 Å². The molecule has 1 aliphatic carbocycles. The number of carbonyl (C=O) groups excluding carboxylic acids is 1. The standard InChI is InChI=1S/C24H26F4N2O4S.C2HF3O2/c1-35(32,33)29-24(31)18-9-17(15-2-3-15)23(11-20(18)26)34-13-14-4-6-30(7-5-14)12-16-8-21(27)22(28)10-19(16)25;3-2(4,5)1(6)7/h8-11,14-15H,2-7,12-13H2,1H3,(H,29,31);(H,6,7). The van der Waals surface area contributed by atoms with Crippen LogP contribution in [-0.2, 0) is 21.4 Å². The largest absolute Gasteiger partial charge is 0.493 e. The fourth-order valence-corrected chi connectivity index (χ4v) is 4.70. The van der Waals surface area contributed by atoms with E-state index in [4.69, 9.17) is 14.6 Å². The number of halogens is 7. The molecule has 0 unspecified atom stereocenters.